The molecule has 0 bridgehead atoms. The van der Waals surface area contributed by atoms with Crippen molar-refractivity contribution in [2.24, 2.45) is 5.92 Å². The van der Waals surface area contributed by atoms with Gasteiger partial charge in [0.1, 0.15) is 11.8 Å². The molecule has 1 saturated heterocycles. The first kappa shape index (κ1) is 23.8. The molecule has 1 fully saturated rings. The minimum absolute atomic E-state index is 0.308. The molecule has 1 amide bonds. The lowest BCUT2D eigenvalue weighted by molar-refractivity contribution is 0.113. The van der Waals surface area contributed by atoms with Gasteiger partial charge in [-0.1, -0.05) is 30.3 Å². The van der Waals surface area contributed by atoms with E-state index in [0.717, 1.165) is 41.1 Å². The SMILES string of the molecule is C=C(C)OC(=O)N1CCc2c([nH]c3ccc(Cl)cc23)C1c1ccc(OCC2CCCN(C)C2)cc1. The smallest absolute Gasteiger partial charge is 0.415 e. The van der Waals surface area contributed by atoms with Gasteiger partial charge in [0.2, 0.25) is 0 Å². The van der Waals surface area contributed by atoms with Crippen molar-refractivity contribution >= 4 is 28.6 Å². The summed E-state index contributed by atoms with van der Waals surface area (Å²) in [6, 6.07) is 13.6. The molecular formula is C28H32ClN3O3. The maximum atomic E-state index is 13.0. The highest BCUT2D eigenvalue weighted by Crippen LogP contribution is 2.40. The maximum Gasteiger partial charge on any atom is 0.415 e. The van der Waals surface area contributed by atoms with Crippen LogP contribution in [0, 0.1) is 5.92 Å². The Hall–Kier alpha value is -2.96. The Morgan fingerprint density at radius 1 is 1.20 bits per heavy atom. The molecule has 3 aromatic rings. The van der Waals surface area contributed by atoms with Gasteiger partial charge >= 0.3 is 6.09 Å². The first-order valence-electron chi connectivity index (χ1n) is 12.2. The van der Waals surface area contributed by atoms with Crippen LogP contribution in [0.4, 0.5) is 4.79 Å². The first-order valence-corrected chi connectivity index (χ1v) is 12.6. The second-order valence-corrected chi connectivity index (χ2v) is 10.2. The number of aromatic amines is 1. The van der Waals surface area contributed by atoms with Crippen LogP contribution in [-0.2, 0) is 11.2 Å². The molecular weight excluding hydrogens is 462 g/mol. The lowest BCUT2D eigenvalue weighted by atomic mass is 9.92. The van der Waals surface area contributed by atoms with Crippen LogP contribution in [0.5, 0.6) is 5.75 Å². The number of nitrogens with zero attached hydrogens (tertiary/aromatic N) is 2. The van der Waals surface area contributed by atoms with Crippen LogP contribution < -0.4 is 4.74 Å². The quantitative estimate of drug-likeness (QED) is 0.432. The summed E-state index contributed by atoms with van der Waals surface area (Å²) in [5.74, 6) is 1.78. The highest BCUT2D eigenvalue weighted by atomic mass is 35.5. The van der Waals surface area contributed by atoms with Crippen LogP contribution >= 0.6 is 11.6 Å². The molecule has 0 spiro atoms. The molecule has 0 aliphatic carbocycles. The van der Waals surface area contributed by atoms with Crippen molar-refractivity contribution in [3.05, 3.63) is 76.6 Å². The van der Waals surface area contributed by atoms with Gasteiger partial charge in [-0.3, -0.25) is 4.90 Å². The van der Waals surface area contributed by atoms with Crippen molar-refractivity contribution in [3.8, 4) is 5.75 Å². The summed E-state index contributed by atoms with van der Waals surface area (Å²) in [5.41, 5.74) is 4.18. The summed E-state index contributed by atoms with van der Waals surface area (Å²) < 4.78 is 11.5. The molecule has 184 valence electrons. The van der Waals surface area contributed by atoms with Gasteiger partial charge in [0.25, 0.3) is 0 Å². The average Bonchev–Trinajstić information content (AvgIpc) is 3.20. The van der Waals surface area contributed by atoms with Crippen molar-refractivity contribution in [1.82, 2.24) is 14.8 Å². The van der Waals surface area contributed by atoms with Crippen molar-refractivity contribution < 1.29 is 14.3 Å². The first-order chi connectivity index (χ1) is 16.9. The molecule has 5 rings (SSSR count). The van der Waals surface area contributed by atoms with Crippen LogP contribution in [0.25, 0.3) is 10.9 Å². The fourth-order valence-corrected chi connectivity index (χ4v) is 5.55. The van der Waals surface area contributed by atoms with Gasteiger partial charge in [-0.25, -0.2) is 4.79 Å². The maximum absolute atomic E-state index is 13.0. The predicted octanol–water partition coefficient (Wildman–Crippen LogP) is 6.16. The van der Waals surface area contributed by atoms with Crippen LogP contribution in [-0.4, -0.2) is 54.2 Å². The van der Waals surface area contributed by atoms with E-state index in [9.17, 15) is 4.79 Å². The molecule has 0 radical (unpaired) electrons. The zero-order chi connectivity index (χ0) is 24.5. The van der Waals surface area contributed by atoms with Crippen LogP contribution in [0.3, 0.4) is 0 Å². The minimum atomic E-state index is -0.397. The summed E-state index contributed by atoms with van der Waals surface area (Å²) in [6.07, 6.45) is 2.75. The van der Waals surface area contributed by atoms with E-state index in [0.29, 0.717) is 29.7 Å². The predicted molar refractivity (Wildman–Crippen MR) is 139 cm³/mol. The Morgan fingerprint density at radius 3 is 2.74 bits per heavy atom. The number of amides is 1. The molecule has 2 aliphatic rings. The fraction of sp³-hybridized carbons (Fsp3) is 0.393. The highest BCUT2D eigenvalue weighted by Gasteiger charge is 2.35. The van der Waals surface area contributed by atoms with Gasteiger partial charge in [0.15, 0.2) is 0 Å². The number of carbonyl (C=O) groups is 1. The number of benzene rings is 2. The van der Waals surface area contributed by atoms with Gasteiger partial charge < -0.3 is 19.4 Å². The number of piperidine rings is 1. The van der Waals surface area contributed by atoms with Crippen LogP contribution in [0.1, 0.15) is 42.6 Å². The third-order valence-electron chi connectivity index (χ3n) is 6.99. The number of hydrogen-bond acceptors (Lipinski definition) is 4. The summed E-state index contributed by atoms with van der Waals surface area (Å²) in [7, 11) is 2.17. The normalized spacial score (nSPS) is 20.5. The Morgan fingerprint density at radius 2 is 2.00 bits per heavy atom. The Bertz CT molecular complexity index is 1240. The average molecular weight is 494 g/mol. The number of nitrogens with one attached hydrogen (secondary N) is 1. The number of fused-ring (bicyclic) bond motifs is 3. The molecule has 6 nitrogen and oxygen atoms in total. The monoisotopic (exact) mass is 493 g/mol. The van der Waals surface area contributed by atoms with Crippen molar-refractivity contribution in [3.63, 3.8) is 0 Å². The van der Waals surface area contributed by atoms with Crippen molar-refractivity contribution in [2.75, 3.05) is 33.3 Å². The number of aromatic nitrogens is 1. The Balaban J connectivity index is 1.43. The summed E-state index contributed by atoms with van der Waals surface area (Å²) >= 11 is 6.29. The number of ether oxygens (including phenoxy) is 2. The van der Waals surface area contributed by atoms with E-state index in [1.54, 1.807) is 11.8 Å². The lowest BCUT2D eigenvalue weighted by Gasteiger charge is -2.35. The zero-order valence-electron chi connectivity index (χ0n) is 20.4. The fourth-order valence-electron chi connectivity index (χ4n) is 5.38. The topological polar surface area (TPSA) is 57.8 Å². The number of H-pyrrole nitrogens is 1. The summed E-state index contributed by atoms with van der Waals surface area (Å²) in [5, 5.41) is 1.80. The number of allylic oxidation sites excluding steroid dienone is 1. The largest absolute Gasteiger partial charge is 0.493 e. The van der Waals surface area contributed by atoms with E-state index in [4.69, 9.17) is 21.1 Å². The van der Waals surface area contributed by atoms with E-state index < -0.39 is 6.09 Å². The molecule has 0 saturated carbocycles. The van der Waals surface area contributed by atoms with Gasteiger partial charge in [-0.15, -0.1) is 0 Å². The van der Waals surface area contributed by atoms with Crippen LogP contribution in [0.2, 0.25) is 5.02 Å². The minimum Gasteiger partial charge on any atom is -0.493 e. The number of rotatable bonds is 5. The van der Waals surface area contributed by atoms with Crippen molar-refractivity contribution in [2.45, 2.75) is 32.2 Å². The third kappa shape index (κ3) is 5.04. The van der Waals surface area contributed by atoms with E-state index in [1.807, 2.05) is 42.5 Å². The second kappa shape index (κ2) is 9.96. The number of hydrogen-bond donors (Lipinski definition) is 1. The highest BCUT2D eigenvalue weighted by molar-refractivity contribution is 6.31. The van der Waals surface area contributed by atoms with E-state index >= 15 is 0 Å². The van der Waals surface area contributed by atoms with Crippen molar-refractivity contribution in [1.29, 1.82) is 0 Å². The van der Waals surface area contributed by atoms with E-state index in [2.05, 4.69) is 23.5 Å². The summed E-state index contributed by atoms with van der Waals surface area (Å²) in [4.78, 5) is 20.7. The molecule has 35 heavy (non-hydrogen) atoms. The van der Waals surface area contributed by atoms with Gasteiger partial charge in [0, 0.05) is 40.6 Å². The molecule has 2 unspecified atom stereocenters. The molecule has 1 N–H and O–H groups in total. The van der Waals surface area contributed by atoms with Gasteiger partial charge in [-0.2, -0.15) is 0 Å². The standard InChI is InChI=1S/C28H32ClN3O3/c1-18(2)35-28(33)32-14-12-23-24-15-21(29)8-11-25(24)30-26(23)27(32)20-6-9-22(10-7-20)34-17-19-5-4-13-31(3)16-19/h6-11,15,19,27,30H,1,4-5,12-14,16-17H2,2-3H3. The molecule has 2 aliphatic heterocycles. The molecule has 2 atom stereocenters. The third-order valence-corrected chi connectivity index (χ3v) is 7.22. The summed E-state index contributed by atoms with van der Waals surface area (Å²) in [6.45, 7) is 8.92. The van der Waals surface area contributed by atoms with E-state index in [1.165, 1.54) is 24.9 Å². The molecule has 1 aromatic heterocycles. The van der Waals surface area contributed by atoms with Crippen LogP contribution in [0.15, 0.2) is 54.8 Å². The molecule has 7 heteroatoms. The molecule has 3 heterocycles. The number of likely N-dealkylation sites (tertiary alicyclic amines) is 1. The van der Waals surface area contributed by atoms with Gasteiger partial charge in [0.05, 0.1) is 12.4 Å². The second-order valence-electron chi connectivity index (χ2n) is 9.77. The lowest BCUT2D eigenvalue weighted by Crippen LogP contribution is -2.40. The molecule has 2 aromatic carbocycles. The van der Waals surface area contributed by atoms with Gasteiger partial charge in [-0.05, 0) is 81.2 Å². The number of halogens is 1. The van der Waals surface area contributed by atoms with E-state index in [-0.39, 0.29) is 6.04 Å². The Labute approximate surface area is 211 Å². The number of carbonyl (C=O) groups excluding carboxylic acids is 1. The zero-order valence-corrected chi connectivity index (χ0v) is 21.1. The Kier molecular flexibility index (Phi) is 6.76.